The number of urea groups is 1. The van der Waals surface area contributed by atoms with E-state index in [1.807, 2.05) is 27.7 Å². The van der Waals surface area contributed by atoms with Crippen LogP contribution >= 0.6 is 0 Å². The van der Waals surface area contributed by atoms with E-state index in [0.717, 1.165) is 19.3 Å². The number of aromatic nitrogens is 2. The van der Waals surface area contributed by atoms with Crippen molar-refractivity contribution in [3.63, 3.8) is 0 Å². The Morgan fingerprint density at radius 2 is 1.96 bits per heavy atom. The zero-order valence-electron chi connectivity index (χ0n) is 15.3. The third kappa shape index (κ3) is 3.93. The average molecular weight is 349 g/mol. The van der Waals surface area contributed by atoms with Crippen LogP contribution in [0.15, 0.2) is 4.52 Å². The van der Waals surface area contributed by atoms with Crippen LogP contribution in [0.5, 0.6) is 0 Å². The molecule has 3 rings (SSSR count). The minimum atomic E-state index is -0.361. The van der Waals surface area contributed by atoms with E-state index in [4.69, 9.17) is 4.52 Å². The number of carbonyl (C=O) groups is 2. The largest absolute Gasteiger partial charge is 0.350 e. The highest BCUT2D eigenvalue weighted by Crippen LogP contribution is 2.27. The van der Waals surface area contributed by atoms with Gasteiger partial charge in [0.25, 0.3) is 0 Å². The van der Waals surface area contributed by atoms with E-state index in [0.29, 0.717) is 24.8 Å². The Morgan fingerprint density at radius 1 is 1.28 bits per heavy atom. The van der Waals surface area contributed by atoms with E-state index < -0.39 is 0 Å². The Labute approximate surface area is 147 Å². The molecular formula is C17H27N5O3. The molecule has 0 unspecified atom stereocenters. The lowest BCUT2D eigenvalue weighted by molar-refractivity contribution is -0.129. The molecule has 0 spiro atoms. The molecule has 1 aromatic rings. The molecule has 1 saturated carbocycles. The fraction of sp³-hybridized carbons (Fsp3) is 0.765. The SMILES string of the molecule is C[C@@H](NC(=O)N1CC(NC(=O)C2CCC2)C1)c1nc(C(C)(C)C)no1. The fourth-order valence-corrected chi connectivity index (χ4v) is 2.78. The third-order valence-corrected chi connectivity index (χ3v) is 4.81. The molecule has 1 saturated heterocycles. The van der Waals surface area contributed by atoms with Crippen LogP contribution < -0.4 is 10.6 Å². The van der Waals surface area contributed by atoms with E-state index >= 15 is 0 Å². The van der Waals surface area contributed by atoms with Gasteiger partial charge in [0.1, 0.15) is 6.04 Å². The van der Waals surface area contributed by atoms with Crippen molar-refractivity contribution in [2.24, 2.45) is 5.92 Å². The number of nitrogens with one attached hydrogen (secondary N) is 2. The molecule has 2 N–H and O–H groups in total. The summed E-state index contributed by atoms with van der Waals surface area (Å²) in [6, 6.07) is -0.484. The number of nitrogens with zero attached hydrogens (tertiary/aromatic N) is 3. The molecule has 2 aliphatic rings. The molecule has 0 bridgehead atoms. The quantitative estimate of drug-likeness (QED) is 0.862. The van der Waals surface area contributed by atoms with E-state index in [1.165, 1.54) is 0 Å². The molecule has 2 fully saturated rings. The van der Waals surface area contributed by atoms with Crippen molar-refractivity contribution < 1.29 is 14.1 Å². The third-order valence-electron chi connectivity index (χ3n) is 4.81. The van der Waals surface area contributed by atoms with Crippen molar-refractivity contribution in [3.8, 4) is 0 Å². The van der Waals surface area contributed by atoms with Gasteiger partial charge in [0.05, 0.1) is 6.04 Å². The summed E-state index contributed by atoms with van der Waals surface area (Å²) in [5, 5.41) is 9.84. The molecule has 0 aromatic carbocycles. The normalized spacial score (nSPS) is 19.8. The molecule has 3 amide bonds. The molecule has 8 nitrogen and oxygen atoms in total. The maximum Gasteiger partial charge on any atom is 0.318 e. The number of amides is 3. The Hall–Kier alpha value is -2.12. The minimum absolute atomic E-state index is 0.0602. The summed E-state index contributed by atoms with van der Waals surface area (Å²) in [6.07, 6.45) is 3.11. The van der Waals surface area contributed by atoms with Gasteiger partial charge in [-0.2, -0.15) is 4.98 Å². The van der Waals surface area contributed by atoms with Crippen molar-refractivity contribution >= 4 is 11.9 Å². The van der Waals surface area contributed by atoms with E-state index in [-0.39, 0.29) is 35.4 Å². The topological polar surface area (TPSA) is 100 Å². The summed E-state index contributed by atoms with van der Waals surface area (Å²) >= 11 is 0. The fourth-order valence-electron chi connectivity index (χ4n) is 2.78. The van der Waals surface area contributed by atoms with Crippen molar-refractivity contribution in [3.05, 3.63) is 11.7 Å². The smallest absolute Gasteiger partial charge is 0.318 e. The standard InChI is InChI=1S/C17H27N5O3/c1-10(14-20-15(21-25-14)17(2,3)4)18-16(24)22-8-12(9-22)19-13(23)11-6-5-7-11/h10-12H,5-9H2,1-4H3,(H,18,24)(H,19,23)/t10-/m1/s1. The second-order valence-electron chi connectivity index (χ2n) is 8.12. The summed E-state index contributed by atoms with van der Waals surface area (Å²) in [4.78, 5) is 30.2. The minimum Gasteiger partial charge on any atom is -0.350 e. The van der Waals surface area contributed by atoms with Gasteiger partial charge in [-0.1, -0.05) is 32.3 Å². The van der Waals surface area contributed by atoms with E-state index in [1.54, 1.807) is 4.90 Å². The van der Waals surface area contributed by atoms with Crippen LogP contribution in [0.3, 0.4) is 0 Å². The average Bonchev–Trinajstić information content (AvgIpc) is 2.89. The van der Waals surface area contributed by atoms with E-state index in [9.17, 15) is 9.59 Å². The summed E-state index contributed by atoms with van der Waals surface area (Å²) in [7, 11) is 0. The molecular weight excluding hydrogens is 322 g/mol. The van der Waals surface area contributed by atoms with Gasteiger partial charge < -0.3 is 20.1 Å². The number of hydrogen-bond donors (Lipinski definition) is 2. The van der Waals surface area contributed by atoms with Crippen LogP contribution in [0.2, 0.25) is 0 Å². The zero-order valence-corrected chi connectivity index (χ0v) is 15.3. The van der Waals surface area contributed by atoms with Gasteiger partial charge in [0.15, 0.2) is 5.82 Å². The molecule has 1 aromatic heterocycles. The molecule has 138 valence electrons. The van der Waals surface area contributed by atoms with Gasteiger partial charge in [0.2, 0.25) is 11.8 Å². The summed E-state index contributed by atoms with van der Waals surface area (Å²) in [6.45, 7) is 8.89. The van der Waals surface area contributed by atoms with Gasteiger partial charge in [-0.3, -0.25) is 4.79 Å². The highest BCUT2D eigenvalue weighted by atomic mass is 16.5. The maximum atomic E-state index is 12.3. The molecule has 1 atom stereocenters. The van der Waals surface area contributed by atoms with Crippen LogP contribution in [0.25, 0.3) is 0 Å². The monoisotopic (exact) mass is 349 g/mol. The number of hydrogen-bond acceptors (Lipinski definition) is 5. The molecule has 25 heavy (non-hydrogen) atoms. The van der Waals surface area contributed by atoms with Gasteiger partial charge in [-0.05, 0) is 19.8 Å². The lowest BCUT2D eigenvalue weighted by Crippen LogP contribution is -2.63. The molecule has 2 heterocycles. The highest BCUT2D eigenvalue weighted by molar-refractivity contribution is 5.80. The maximum absolute atomic E-state index is 12.3. The van der Waals surface area contributed by atoms with Crippen LogP contribution in [0.1, 0.15) is 64.7 Å². The molecule has 1 aliphatic carbocycles. The summed E-state index contributed by atoms with van der Waals surface area (Å²) in [5.74, 6) is 1.32. The van der Waals surface area contributed by atoms with Gasteiger partial charge in [-0.25, -0.2) is 4.79 Å². The molecule has 0 radical (unpaired) electrons. The predicted octanol–water partition coefficient (Wildman–Crippen LogP) is 1.74. The first-order chi connectivity index (χ1) is 11.7. The Bertz CT molecular complexity index is 641. The first-order valence-corrected chi connectivity index (χ1v) is 8.94. The zero-order chi connectivity index (χ0) is 18.2. The Balaban J connectivity index is 1.43. The second kappa shape index (κ2) is 6.65. The number of rotatable bonds is 4. The van der Waals surface area contributed by atoms with Crippen molar-refractivity contribution in [2.45, 2.75) is 64.5 Å². The first kappa shape index (κ1) is 17.7. The molecule has 8 heteroatoms. The highest BCUT2D eigenvalue weighted by Gasteiger charge is 2.35. The number of likely N-dealkylation sites (tertiary alicyclic amines) is 1. The van der Waals surface area contributed by atoms with Gasteiger partial charge >= 0.3 is 6.03 Å². The Kier molecular flexibility index (Phi) is 4.71. The van der Waals surface area contributed by atoms with Crippen molar-refractivity contribution in [2.75, 3.05) is 13.1 Å². The predicted molar refractivity (Wildman–Crippen MR) is 90.8 cm³/mol. The van der Waals surface area contributed by atoms with Gasteiger partial charge in [0, 0.05) is 24.4 Å². The molecule has 1 aliphatic heterocycles. The number of carbonyl (C=O) groups excluding carboxylic acids is 2. The summed E-state index contributed by atoms with van der Waals surface area (Å²) < 4.78 is 5.25. The first-order valence-electron chi connectivity index (χ1n) is 8.94. The van der Waals surface area contributed by atoms with Gasteiger partial charge in [-0.15, -0.1) is 0 Å². The van der Waals surface area contributed by atoms with Crippen molar-refractivity contribution in [1.29, 1.82) is 0 Å². The van der Waals surface area contributed by atoms with E-state index in [2.05, 4.69) is 20.8 Å². The van der Waals surface area contributed by atoms with Crippen molar-refractivity contribution in [1.82, 2.24) is 25.7 Å². The lowest BCUT2D eigenvalue weighted by atomic mass is 9.84. The van der Waals surface area contributed by atoms with Crippen LogP contribution in [-0.4, -0.2) is 46.1 Å². The van der Waals surface area contributed by atoms with Crippen LogP contribution in [-0.2, 0) is 10.2 Å². The van der Waals surface area contributed by atoms with Crippen LogP contribution in [0, 0.1) is 5.92 Å². The summed E-state index contributed by atoms with van der Waals surface area (Å²) in [5.41, 5.74) is -0.200. The lowest BCUT2D eigenvalue weighted by Gasteiger charge is -2.40. The Morgan fingerprint density at radius 3 is 2.48 bits per heavy atom. The van der Waals surface area contributed by atoms with Crippen LogP contribution in [0.4, 0.5) is 4.79 Å². The second-order valence-corrected chi connectivity index (χ2v) is 8.12.